The smallest absolute Gasteiger partial charge is 0.342 e. The van der Waals surface area contributed by atoms with Gasteiger partial charge in [0.2, 0.25) is 5.16 Å². The van der Waals surface area contributed by atoms with Crippen LogP contribution in [0, 0.1) is 10.1 Å². The standard InChI is InChI=1S/C18H20N4O6S/c1-4-6-15-19-18(21-20-15)29-14(17(23)24)9-11-8-12(22(25)26)10-13(27-3)16(11)28-7-5-2/h5,8-10H,2,4,6-7H2,1,3H3,(H,23,24)(H,19,20,21)/b14-9+. The molecule has 1 aromatic heterocycles. The number of carboxylic acids is 1. The van der Waals surface area contributed by atoms with Crippen molar-refractivity contribution in [2.24, 2.45) is 0 Å². The van der Waals surface area contributed by atoms with Crippen LogP contribution < -0.4 is 9.47 Å². The molecule has 0 amide bonds. The van der Waals surface area contributed by atoms with Gasteiger partial charge in [-0.15, -0.1) is 5.10 Å². The molecule has 0 saturated carbocycles. The Morgan fingerprint density at radius 2 is 2.24 bits per heavy atom. The van der Waals surface area contributed by atoms with E-state index in [0.717, 1.165) is 18.2 Å². The number of aryl methyl sites for hydroxylation is 1. The van der Waals surface area contributed by atoms with E-state index in [1.54, 1.807) is 0 Å². The Morgan fingerprint density at radius 1 is 1.48 bits per heavy atom. The third kappa shape index (κ3) is 5.82. The lowest BCUT2D eigenvalue weighted by Crippen LogP contribution is -2.02. The zero-order valence-corrected chi connectivity index (χ0v) is 16.7. The average molecular weight is 420 g/mol. The van der Waals surface area contributed by atoms with Gasteiger partial charge in [-0.25, -0.2) is 9.78 Å². The predicted octanol–water partition coefficient (Wildman–Crippen LogP) is 3.46. The van der Waals surface area contributed by atoms with Gasteiger partial charge in [-0.05, 0) is 24.3 Å². The van der Waals surface area contributed by atoms with E-state index >= 15 is 0 Å². The van der Waals surface area contributed by atoms with Crippen LogP contribution >= 0.6 is 11.8 Å². The Labute approximate surface area is 170 Å². The fourth-order valence-electron chi connectivity index (χ4n) is 2.32. The number of nitrogens with one attached hydrogen (secondary N) is 1. The minimum atomic E-state index is -1.24. The Balaban J connectivity index is 2.51. The second-order valence-electron chi connectivity index (χ2n) is 5.65. The van der Waals surface area contributed by atoms with E-state index < -0.39 is 10.9 Å². The van der Waals surface area contributed by atoms with Crippen LogP contribution in [0.3, 0.4) is 0 Å². The number of rotatable bonds is 11. The number of hydrogen-bond acceptors (Lipinski definition) is 8. The van der Waals surface area contributed by atoms with Crippen LogP contribution in [0.15, 0.2) is 34.8 Å². The number of nitro groups is 1. The molecule has 0 aliphatic carbocycles. The fourth-order valence-corrected chi connectivity index (χ4v) is 3.03. The van der Waals surface area contributed by atoms with Crippen LogP contribution in [0.2, 0.25) is 0 Å². The zero-order chi connectivity index (χ0) is 21.4. The number of hydrogen-bond donors (Lipinski definition) is 2. The summed E-state index contributed by atoms with van der Waals surface area (Å²) in [6.07, 6.45) is 4.29. The van der Waals surface area contributed by atoms with E-state index in [1.807, 2.05) is 6.92 Å². The van der Waals surface area contributed by atoms with Crippen molar-refractivity contribution >= 4 is 29.5 Å². The normalized spacial score (nSPS) is 11.2. The number of carbonyl (C=O) groups is 1. The maximum Gasteiger partial charge on any atom is 0.342 e. The van der Waals surface area contributed by atoms with Crippen molar-refractivity contribution in [3.8, 4) is 11.5 Å². The topological polar surface area (TPSA) is 140 Å². The number of carboxylic acid groups (broad SMARTS) is 1. The lowest BCUT2D eigenvalue weighted by Gasteiger charge is -2.13. The van der Waals surface area contributed by atoms with Gasteiger partial charge in [0.05, 0.1) is 18.1 Å². The van der Waals surface area contributed by atoms with E-state index in [-0.39, 0.29) is 39.4 Å². The fraction of sp³-hybridized carbons (Fsp3) is 0.278. The highest BCUT2D eigenvalue weighted by atomic mass is 32.2. The number of aromatic nitrogens is 3. The second-order valence-corrected chi connectivity index (χ2v) is 6.66. The highest BCUT2D eigenvalue weighted by molar-refractivity contribution is 8.04. The number of benzene rings is 1. The summed E-state index contributed by atoms with van der Waals surface area (Å²) in [5, 5.41) is 27.8. The van der Waals surface area contributed by atoms with Crippen molar-refractivity contribution in [1.29, 1.82) is 0 Å². The Kier molecular flexibility index (Phi) is 7.78. The molecule has 1 heterocycles. The van der Waals surface area contributed by atoms with Crippen LogP contribution in [-0.2, 0) is 11.2 Å². The van der Waals surface area contributed by atoms with Crippen molar-refractivity contribution in [3.05, 3.63) is 51.2 Å². The molecule has 1 aromatic carbocycles. The van der Waals surface area contributed by atoms with Gasteiger partial charge in [0, 0.05) is 18.1 Å². The third-order valence-corrected chi connectivity index (χ3v) is 4.42. The molecule has 2 aromatic rings. The number of methoxy groups -OCH3 is 1. The van der Waals surface area contributed by atoms with Crippen LogP contribution in [-0.4, -0.2) is 44.9 Å². The predicted molar refractivity (Wildman–Crippen MR) is 107 cm³/mol. The summed E-state index contributed by atoms with van der Waals surface area (Å²) in [5.74, 6) is -0.326. The van der Waals surface area contributed by atoms with Gasteiger partial charge in [0.15, 0.2) is 11.5 Å². The van der Waals surface area contributed by atoms with Gasteiger partial charge in [-0.1, -0.05) is 19.6 Å². The minimum Gasteiger partial charge on any atom is -0.493 e. The average Bonchev–Trinajstić information content (AvgIpc) is 3.13. The summed E-state index contributed by atoms with van der Waals surface area (Å²) >= 11 is 0.820. The van der Waals surface area contributed by atoms with Gasteiger partial charge in [0.25, 0.3) is 5.69 Å². The molecule has 0 saturated heterocycles. The maximum atomic E-state index is 11.8. The SMILES string of the molecule is C=CCOc1c(/C=C(/Sc2n[nH]c(CCC)n2)C(=O)O)cc([N+](=O)[O-])cc1OC. The molecule has 2 rings (SSSR count). The molecule has 154 valence electrons. The molecule has 0 unspecified atom stereocenters. The van der Waals surface area contributed by atoms with E-state index in [2.05, 4.69) is 21.8 Å². The first-order chi connectivity index (χ1) is 13.9. The van der Waals surface area contributed by atoms with Crippen molar-refractivity contribution in [3.63, 3.8) is 0 Å². The molecule has 0 fully saturated rings. The Bertz CT molecular complexity index is 940. The van der Waals surface area contributed by atoms with E-state index in [1.165, 1.54) is 31.4 Å². The summed E-state index contributed by atoms with van der Waals surface area (Å²) in [4.78, 5) is 26.5. The van der Waals surface area contributed by atoms with E-state index in [9.17, 15) is 20.0 Å². The first kappa shape index (κ1) is 22.0. The first-order valence-electron chi connectivity index (χ1n) is 8.53. The first-order valence-corrected chi connectivity index (χ1v) is 9.35. The van der Waals surface area contributed by atoms with Gasteiger partial charge in [0.1, 0.15) is 17.3 Å². The van der Waals surface area contributed by atoms with Crippen LogP contribution in [0.5, 0.6) is 11.5 Å². The van der Waals surface area contributed by atoms with Gasteiger partial charge >= 0.3 is 5.97 Å². The van der Waals surface area contributed by atoms with Gasteiger partial charge in [-0.2, -0.15) is 0 Å². The number of aromatic amines is 1. The summed E-state index contributed by atoms with van der Waals surface area (Å²) in [7, 11) is 1.34. The van der Waals surface area contributed by atoms with Gasteiger partial charge in [-0.3, -0.25) is 15.2 Å². The van der Waals surface area contributed by atoms with Crippen molar-refractivity contribution < 1.29 is 24.3 Å². The summed E-state index contributed by atoms with van der Waals surface area (Å²) in [6.45, 7) is 5.65. The zero-order valence-electron chi connectivity index (χ0n) is 15.9. The molecular formula is C18H20N4O6S. The number of H-pyrrole nitrogens is 1. The quantitative estimate of drug-likeness (QED) is 0.184. The molecule has 0 aliphatic heterocycles. The summed E-state index contributed by atoms with van der Waals surface area (Å²) in [5.41, 5.74) is -0.0935. The molecular weight excluding hydrogens is 400 g/mol. The summed E-state index contributed by atoms with van der Waals surface area (Å²) < 4.78 is 10.7. The number of non-ortho nitro benzene ring substituents is 1. The highest BCUT2D eigenvalue weighted by Gasteiger charge is 2.20. The molecule has 0 bridgehead atoms. The monoisotopic (exact) mass is 420 g/mol. The van der Waals surface area contributed by atoms with Crippen LogP contribution in [0.1, 0.15) is 24.7 Å². The lowest BCUT2D eigenvalue weighted by molar-refractivity contribution is -0.385. The van der Waals surface area contributed by atoms with Crippen molar-refractivity contribution in [1.82, 2.24) is 15.2 Å². The van der Waals surface area contributed by atoms with Crippen LogP contribution in [0.25, 0.3) is 6.08 Å². The highest BCUT2D eigenvalue weighted by Crippen LogP contribution is 2.38. The number of nitrogens with zero attached hydrogens (tertiary/aromatic N) is 3. The molecule has 10 nitrogen and oxygen atoms in total. The summed E-state index contributed by atoms with van der Waals surface area (Å²) in [6, 6.07) is 2.42. The molecule has 2 N–H and O–H groups in total. The van der Waals surface area contributed by atoms with Crippen molar-refractivity contribution in [2.45, 2.75) is 24.9 Å². The number of ether oxygens (including phenoxy) is 2. The number of aliphatic carboxylic acids is 1. The number of nitro benzene ring substituents is 1. The molecule has 0 atom stereocenters. The number of thioether (sulfide) groups is 1. The molecule has 0 spiro atoms. The van der Waals surface area contributed by atoms with E-state index in [4.69, 9.17) is 9.47 Å². The van der Waals surface area contributed by atoms with Crippen molar-refractivity contribution in [2.75, 3.05) is 13.7 Å². The second kappa shape index (κ2) is 10.3. The Morgan fingerprint density at radius 3 is 2.83 bits per heavy atom. The van der Waals surface area contributed by atoms with E-state index in [0.29, 0.717) is 12.2 Å². The lowest BCUT2D eigenvalue weighted by atomic mass is 10.1. The minimum absolute atomic E-state index is 0.102. The molecule has 29 heavy (non-hydrogen) atoms. The molecule has 11 heteroatoms. The maximum absolute atomic E-state index is 11.8. The third-order valence-electron chi connectivity index (χ3n) is 3.54. The largest absolute Gasteiger partial charge is 0.493 e. The Hall–Kier alpha value is -3.34. The molecule has 0 aliphatic rings. The van der Waals surface area contributed by atoms with Crippen LogP contribution in [0.4, 0.5) is 5.69 Å². The molecule has 0 radical (unpaired) electrons. The van der Waals surface area contributed by atoms with Gasteiger partial charge < -0.3 is 14.6 Å².